The normalized spacial score (nSPS) is 14.7. The van der Waals surface area contributed by atoms with Crippen molar-refractivity contribution in [1.29, 1.82) is 0 Å². The first-order valence-corrected chi connectivity index (χ1v) is 10.2. The first-order valence-electron chi connectivity index (χ1n) is 10.2. The van der Waals surface area contributed by atoms with E-state index in [1.54, 1.807) is 5.84 Å². The van der Waals surface area contributed by atoms with Crippen LogP contribution in [0.4, 0.5) is 0 Å². The number of nitrogens with zero attached hydrogens (tertiary/aromatic N) is 2. The van der Waals surface area contributed by atoms with Crippen LogP contribution in [-0.2, 0) is 6.54 Å². The minimum atomic E-state index is 1.07. The molecule has 0 N–H and O–H groups in total. The average Bonchev–Trinajstić information content (AvgIpc) is 2.94. The summed E-state index contributed by atoms with van der Waals surface area (Å²) in [6, 6.07) is 10.9. The molecule has 1 aromatic rings. The molecular weight excluding hydrogens is 292 g/mol. The predicted molar refractivity (Wildman–Crippen MR) is 105 cm³/mol. The van der Waals surface area contributed by atoms with Crippen LogP contribution in [-0.4, -0.2) is 35.4 Å². The van der Waals surface area contributed by atoms with E-state index in [0.717, 1.165) is 6.54 Å². The quantitative estimate of drug-likeness (QED) is 0.364. The van der Waals surface area contributed by atoms with Crippen molar-refractivity contribution in [2.45, 2.75) is 77.7 Å². The molecule has 2 nitrogen and oxygen atoms in total. The minimum Gasteiger partial charge on any atom is -0.264 e. The summed E-state index contributed by atoms with van der Waals surface area (Å²) in [4.78, 5) is 2.58. The van der Waals surface area contributed by atoms with Crippen LogP contribution in [0, 0.1) is 0 Å². The van der Waals surface area contributed by atoms with Crippen molar-refractivity contribution in [3.8, 4) is 0 Å². The molecule has 0 bridgehead atoms. The third-order valence-electron chi connectivity index (χ3n) is 5.23. The number of likely N-dealkylation sites (N-methyl/N-ethyl adjacent to an activating group) is 1. The molecule has 0 atom stereocenters. The number of unbranched alkanes of at least 4 members (excludes halogenated alkanes) is 8. The molecule has 0 unspecified atom stereocenters. The van der Waals surface area contributed by atoms with Crippen molar-refractivity contribution in [2.24, 2.45) is 0 Å². The zero-order valence-electron chi connectivity index (χ0n) is 16.0. The summed E-state index contributed by atoms with van der Waals surface area (Å²) < 4.78 is 2.47. The van der Waals surface area contributed by atoms with Crippen LogP contribution in [0.1, 0.15) is 76.7 Å². The van der Waals surface area contributed by atoms with Gasteiger partial charge in [0.25, 0.3) is 0 Å². The molecule has 0 radical (unpaired) electrons. The molecule has 0 fully saturated rings. The summed E-state index contributed by atoms with van der Waals surface area (Å²) in [7, 11) is 2.26. The molecule has 0 saturated carbocycles. The van der Waals surface area contributed by atoms with Gasteiger partial charge in [0.2, 0.25) is 5.84 Å². The Labute approximate surface area is 149 Å². The number of hydrogen-bond acceptors (Lipinski definition) is 1. The van der Waals surface area contributed by atoms with E-state index in [9.17, 15) is 0 Å². The summed E-state index contributed by atoms with van der Waals surface area (Å²) in [6.45, 7) is 5.72. The van der Waals surface area contributed by atoms with Crippen LogP contribution in [0.5, 0.6) is 0 Å². The monoisotopic (exact) mass is 329 g/mol. The highest BCUT2D eigenvalue weighted by Gasteiger charge is 2.27. The Kier molecular flexibility index (Phi) is 8.94. The number of rotatable bonds is 12. The molecule has 1 aliphatic heterocycles. The van der Waals surface area contributed by atoms with Gasteiger partial charge in [-0.15, -0.1) is 0 Å². The second-order valence-electron chi connectivity index (χ2n) is 7.32. The topological polar surface area (TPSA) is 6.25 Å². The van der Waals surface area contributed by atoms with Crippen molar-refractivity contribution in [1.82, 2.24) is 4.90 Å². The van der Waals surface area contributed by atoms with Crippen LogP contribution < -0.4 is 0 Å². The Morgan fingerprint density at radius 2 is 1.50 bits per heavy atom. The summed E-state index contributed by atoms with van der Waals surface area (Å²) in [5.74, 6) is 1.56. The van der Waals surface area contributed by atoms with E-state index in [1.807, 2.05) is 0 Å². The Hall–Kier alpha value is -1.31. The smallest absolute Gasteiger partial charge is 0.247 e. The van der Waals surface area contributed by atoms with Gasteiger partial charge in [-0.2, -0.15) is 0 Å². The van der Waals surface area contributed by atoms with E-state index in [-0.39, 0.29) is 0 Å². The van der Waals surface area contributed by atoms with Gasteiger partial charge >= 0.3 is 0 Å². The lowest BCUT2D eigenvalue weighted by atomic mass is 10.1. The molecule has 24 heavy (non-hydrogen) atoms. The average molecular weight is 330 g/mol. The highest BCUT2D eigenvalue weighted by molar-refractivity contribution is 5.78. The number of amidine groups is 1. The molecule has 1 heterocycles. The second kappa shape index (κ2) is 11.3. The lowest BCUT2D eigenvalue weighted by Gasteiger charge is -2.13. The molecule has 0 aliphatic carbocycles. The molecule has 1 aliphatic rings. The Bertz CT molecular complexity index is 478. The van der Waals surface area contributed by atoms with Crippen molar-refractivity contribution >= 4 is 5.84 Å². The van der Waals surface area contributed by atoms with Gasteiger partial charge in [-0.05, 0) is 12.0 Å². The number of benzene rings is 1. The van der Waals surface area contributed by atoms with E-state index < -0.39 is 0 Å². The predicted octanol–water partition coefficient (Wildman–Crippen LogP) is 5.46. The maximum Gasteiger partial charge on any atom is 0.247 e. The van der Waals surface area contributed by atoms with Gasteiger partial charge in [0.05, 0.1) is 7.05 Å². The van der Waals surface area contributed by atoms with Gasteiger partial charge in [-0.1, -0.05) is 88.6 Å². The van der Waals surface area contributed by atoms with Gasteiger partial charge in [0.15, 0.2) is 0 Å². The van der Waals surface area contributed by atoms with E-state index >= 15 is 0 Å². The fourth-order valence-corrected chi connectivity index (χ4v) is 3.69. The maximum atomic E-state index is 2.58. The largest absolute Gasteiger partial charge is 0.264 e. The van der Waals surface area contributed by atoms with Gasteiger partial charge in [-0.3, -0.25) is 9.48 Å². The van der Waals surface area contributed by atoms with E-state index in [0.29, 0.717) is 0 Å². The van der Waals surface area contributed by atoms with Gasteiger partial charge in [0.1, 0.15) is 19.6 Å². The Morgan fingerprint density at radius 3 is 2.17 bits per heavy atom. The fraction of sp³-hybridized carbons (Fsp3) is 0.682. The van der Waals surface area contributed by atoms with E-state index in [4.69, 9.17) is 0 Å². The van der Waals surface area contributed by atoms with Gasteiger partial charge < -0.3 is 0 Å². The third-order valence-corrected chi connectivity index (χ3v) is 5.23. The SMILES string of the molecule is CCCCCCCCCCCC1=[N+](C)CCN1Cc1ccccc1. The zero-order chi connectivity index (χ0) is 17.0. The van der Waals surface area contributed by atoms with Crippen molar-refractivity contribution < 1.29 is 4.58 Å². The first-order chi connectivity index (χ1) is 11.8. The lowest BCUT2D eigenvalue weighted by Crippen LogP contribution is -2.28. The Balaban J connectivity index is 1.62. The molecule has 134 valence electrons. The van der Waals surface area contributed by atoms with Crippen LogP contribution in [0.15, 0.2) is 30.3 Å². The van der Waals surface area contributed by atoms with Gasteiger partial charge in [-0.25, -0.2) is 0 Å². The van der Waals surface area contributed by atoms with Crippen molar-refractivity contribution in [2.75, 3.05) is 20.1 Å². The molecule has 0 aromatic heterocycles. The van der Waals surface area contributed by atoms with E-state index in [1.165, 1.54) is 82.9 Å². The van der Waals surface area contributed by atoms with Crippen molar-refractivity contribution in [3.63, 3.8) is 0 Å². The Morgan fingerprint density at radius 1 is 0.875 bits per heavy atom. The lowest BCUT2D eigenvalue weighted by molar-refractivity contribution is -0.487. The van der Waals surface area contributed by atoms with Crippen LogP contribution >= 0.6 is 0 Å². The molecular formula is C22H37N2+. The molecule has 0 amide bonds. The van der Waals surface area contributed by atoms with Crippen LogP contribution in [0.25, 0.3) is 0 Å². The van der Waals surface area contributed by atoms with Crippen LogP contribution in [0.2, 0.25) is 0 Å². The molecule has 1 aromatic carbocycles. The fourth-order valence-electron chi connectivity index (χ4n) is 3.69. The molecule has 2 rings (SSSR count). The third kappa shape index (κ3) is 6.67. The molecule has 2 heteroatoms. The standard InChI is InChI=1S/C22H37N2/c1-3-4-5-6-7-8-9-10-14-17-22-23(2)18-19-24(22)20-21-15-12-11-13-16-21/h11-13,15-16H,3-10,14,17-20H2,1-2H3/q+1. The van der Waals surface area contributed by atoms with Crippen LogP contribution in [0.3, 0.4) is 0 Å². The van der Waals surface area contributed by atoms with Gasteiger partial charge in [0, 0.05) is 6.42 Å². The summed E-state index contributed by atoms with van der Waals surface area (Å²) in [5, 5.41) is 0. The molecule has 0 spiro atoms. The summed E-state index contributed by atoms with van der Waals surface area (Å²) >= 11 is 0. The highest BCUT2D eigenvalue weighted by atomic mass is 15.3. The molecule has 0 saturated heterocycles. The summed E-state index contributed by atoms with van der Waals surface area (Å²) in [5.41, 5.74) is 1.43. The zero-order valence-corrected chi connectivity index (χ0v) is 16.0. The maximum absolute atomic E-state index is 2.58. The summed E-state index contributed by atoms with van der Waals surface area (Å²) in [6.07, 6.45) is 13.9. The second-order valence-corrected chi connectivity index (χ2v) is 7.32. The highest BCUT2D eigenvalue weighted by Crippen LogP contribution is 2.15. The van der Waals surface area contributed by atoms with Crippen molar-refractivity contribution in [3.05, 3.63) is 35.9 Å². The number of hydrogen-bond donors (Lipinski definition) is 0. The first kappa shape index (κ1) is 19.0. The van der Waals surface area contributed by atoms with E-state index in [2.05, 4.69) is 53.8 Å². The minimum absolute atomic E-state index is 1.07.